The number of ketones is 1. The fourth-order valence-electron chi connectivity index (χ4n) is 2.17. The van der Waals surface area contributed by atoms with E-state index in [2.05, 4.69) is 17.4 Å². The van der Waals surface area contributed by atoms with Crippen LogP contribution in [0.2, 0.25) is 0 Å². The average molecular weight is 203 g/mol. The molecule has 1 atom stereocenters. The van der Waals surface area contributed by atoms with E-state index in [4.69, 9.17) is 0 Å². The molecule has 0 saturated heterocycles. The lowest BCUT2D eigenvalue weighted by molar-refractivity contribution is -0.123. The fraction of sp³-hybridized carbons (Fsp3) is 0.462. The van der Waals surface area contributed by atoms with Gasteiger partial charge in [-0.15, -0.1) is 0 Å². The standard InChI is InChI=1S/C13H17NO/c1-9(2)13(15)11-7-8-14-12-6-4-3-5-10(11)12/h3-6,9,11,14H,7-8H2,1-2H3. The third kappa shape index (κ3) is 1.89. The van der Waals surface area contributed by atoms with Crippen LogP contribution >= 0.6 is 0 Å². The van der Waals surface area contributed by atoms with Crippen molar-refractivity contribution in [1.82, 2.24) is 0 Å². The molecule has 2 nitrogen and oxygen atoms in total. The number of carbonyl (C=O) groups excluding carboxylic acids is 1. The van der Waals surface area contributed by atoms with Gasteiger partial charge in [-0.2, -0.15) is 0 Å². The summed E-state index contributed by atoms with van der Waals surface area (Å²) < 4.78 is 0. The normalized spacial score (nSPS) is 19.5. The summed E-state index contributed by atoms with van der Waals surface area (Å²) in [6.07, 6.45) is 0.925. The number of Topliss-reactive ketones (excluding diaryl/α,β-unsaturated/α-hetero) is 1. The van der Waals surface area contributed by atoms with Gasteiger partial charge < -0.3 is 5.32 Å². The molecular formula is C13H17NO. The van der Waals surface area contributed by atoms with Crippen molar-refractivity contribution in [2.45, 2.75) is 26.2 Å². The van der Waals surface area contributed by atoms with Gasteiger partial charge in [-0.3, -0.25) is 4.79 Å². The first-order valence-electron chi connectivity index (χ1n) is 5.56. The highest BCUT2D eigenvalue weighted by Gasteiger charge is 2.27. The third-order valence-corrected chi connectivity index (χ3v) is 3.00. The predicted octanol–water partition coefficient (Wildman–Crippen LogP) is 2.81. The van der Waals surface area contributed by atoms with Crippen LogP contribution in [0.4, 0.5) is 5.69 Å². The molecule has 1 aromatic rings. The van der Waals surface area contributed by atoms with Crippen LogP contribution < -0.4 is 5.32 Å². The molecule has 1 aliphatic rings. The zero-order chi connectivity index (χ0) is 10.8. The average Bonchev–Trinajstić information content (AvgIpc) is 2.27. The summed E-state index contributed by atoms with van der Waals surface area (Å²) in [4.78, 5) is 12.0. The van der Waals surface area contributed by atoms with Crippen LogP contribution in [0.15, 0.2) is 24.3 Å². The third-order valence-electron chi connectivity index (χ3n) is 3.00. The quantitative estimate of drug-likeness (QED) is 0.800. The summed E-state index contributed by atoms with van der Waals surface area (Å²) in [6.45, 7) is 4.86. The Labute approximate surface area is 90.7 Å². The Balaban J connectivity index is 2.34. The predicted molar refractivity (Wildman–Crippen MR) is 62.1 cm³/mol. The van der Waals surface area contributed by atoms with E-state index in [1.807, 2.05) is 26.0 Å². The van der Waals surface area contributed by atoms with Gasteiger partial charge in [0.1, 0.15) is 5.78 Å². The lowest BCUT2D eigenvalue weighted by atomic mass is 9.83. The van der Waals surface area contributed by atoms with Crippen LogP contribution in [0, 0.1) is 5.92 Å². The SMILES string of the molecule is CC(C)C(=O)C1CCNc2ccccc21. The van der Waals surface area contributed by atoms with Gasteiger partial charge >= 0.3 is 0 Å². The van der Waals surface area contributed by atoms with E-state index in [1.165, 1.54) is 5.56 Å². The highest BCUT2D eigenvalue weighted by atomic mass is 16.1. The van der Waals surface area contributed by atoms with Gasteiger partial charge in [0, 0.05) is 24.1 Å². The monoisotopic (exact) mass is 203 g/mol. The second-order valence-electron chi connectivity index (χ2n) is 4.41. The molecule has 0 radical (unpaired) electrons. The Morgan fingerprint density at radius 1 is 1.40 bits per heavy atom. The Morgan fingerprint density at radius 3 is 2.87 bits per heavy atom. The highest BCUT2D eigenvalue weighted by Crippen LogP contribution is 2.33. The number of fused-ring (bicyclic) bond motifs is 1. The summed E-state index contributed by atoms with van der Waals surface area (Å²) in [5.74, 6) is 0.590. The van der Waals surface area contributed by atoms with Crippen LogP contribution in [0.3, 0.4) is 0 Å². The van der Waals surface area contributed by atoms with Gasteiger partial charge in [0.05, 0.1) is 0 Å². The number of rotatable bonds is 2. The van der Waals surface area contributed by atoms with Crippen molar-refractivity contribution in [3.05, 3.63) is 29.8 Å². The van der Waals surface area contributed by atoms with Crippen molar-refractivity contribution in [2.24, 2.45) is 5.92 Å². The minimum Gasteiger partial charge on any atom is -0.385 e. The number of carbonyl (C=O) groups is 1. The zero-order valence-corrected chi connectivity index (χ0v) is 9.29. The molecule has 1 unspecified atom stereocenters. The van der Waals surface area contributed by atoms with E-state index in [0.29, 0.717) is 5.78 Å². The molecule has 2 rings (SSSR count). The molecule has 0 spiro atoms. The summed E-state index contributed by atoms with van der Waals surface area (Å²) in [5, 5.41) is 3.33. The maximum absolute atomic E-state index is 12.0. The minimum absolute atomic E-state index is 0.0995. The molecule has 0 aliphatic carbocycles. The largest absolute Gasteiger partial charge is 0.385 e. The Kier molecular flexibility index (Phi) is 2.76. The maximum Gasteiger partial charge on any atom is 0.142 e. The van der Waals surface area contributed by atoms with Crippen molar-refractivity contribution in [2.75, 3.05) is 11.9 Å². The second-order valence-corrected chi connectivity index (χ2v) is 4.41. The van der Waals surface area contributed by atoms with Crippen molar-refractivity contribution in [3.63, 3.8) is 0 Å². The molecular weight excluding hydrogens is 186 g/mol. The number of hydrogen-bond acceptors (Lipinski definition) is 2. The molecule has 0 bridgehead atoms. The first-order valence-corrected chi connectivity index (χ1v) is 5.56. The van der Waals surface area contributed by atoms with Crippen LogP contribution in [-0.2, 0) is 4.79 Å². The highest BCUT2D eigenvalue weighted by molar-refractivity contribution is 5.89. The maximum atomic E-state index is 12.0. The molecule has 0 fully saturated rings. The first-order chi connectivity index (χ1) is 7.20. The Bertz CT molecular complexity index is 371. The number of hydrogen-bond donors (Lipinski definition) is 1. The van der Waals surface area contributed by atoms with Gasteiger partial charge in [0.15, 0.2) is 0 Å². The van der Waals surface area contributed by atoms with Gasteiger partial charge in [-0.05, 0) is 18.1 Å². The van der Waals surface area contributed by atoms with Gasteiger partial charge in [-0.1, -0.05) is 32.0 Å². The lowest BCUT2D eigenvalue weighted by Crippen LogP contribution is -2.25. The van der Waals surface area contributed by atoms with Crippen molar-refractivity contribution >= 4 is 11.5 Å². The molecule has 1 N–H and O–H groups in total. The Hall–Kier alpha value is -1.31. The number of anilines is 1. The van der Waals surface area contributed by atoms with E-state index >= 15 is 0 Å². The summed E-state index contributed by atoms with van der Waals surface area (Å²) in [5.41, 5.74) is 2.30. The number of nitrogens with one attached hydrogen (secondary N) is 1. The molecule has 1 aromatic carbocycles. The summed E-state index contributed by atoms with van der Waals surface area (Å²) in [6, 6.07) is 8.13. The van der Waals surface area contributed by atoms with Gasteiger partial charge in [-0.25, -0.2) is 0 Å². The van der Waals surface area contributed by atoms with Crippen LogP contribution in [0.5, 0.6) is 0 Å². The molecule has 0 saturated carbocycles. The van der Waals surface area contributed by atoms with E-state index < -0.39 is 0 Å². The molecule has 1 heterocycles. The molecule has 0 aromatic heterocycles. The number of para-hydroxylation sites is 1. The molecule has 0 amide bonds. The smallest absolute Gasteiger partial charge is 0.142 e. The van der Waals surface area contributed by atoms with Crippen molar-refractivity contribution in [3.8, 4) is 0 Å². The minimum atomic E-state index is 0.0995. The van der Waals surface area contributed by atoms with E-state index in [9.17, 15) is 4.79 Å². The van der Waals surface area contributed by atoms with Crippen LogP contribution in [-0.4, -0.2) is 12.3 Å². The summed E-state index contributed by atoms with van der Waals surface area (Å²) >= 11 is 0. The lowest BCUT2D eigenvalue weighted by Gasteiger charge is -2.26. The van der Waals surface area contributed by atoms with Crippen LogP contribution in [0.25, 0.3) is 0 Å². The fourth-order valence-corrected chi connectivity index (χ4v) is 2.17. The first kappa shape index (κ1) is 10.2. The van der Waals surface area contributed by atoms with E-state index in [1.54, 1.807) is 0 Å². The molecule has 1 aliphatic heterocycles. The van der Waals surface area contributed by atoms with Crippen LogP contribution in [0.1, 0.15) is 31.7 Å². The van der Waals surface area contributed by atoms with Gasteiger partial charge in [0.2, 0.25) is 0 Å². The molecule has 15 heavy (non-hydrogen) atoms. The van der Waals surface area contributed by atoms with Crippen molar-refractivity contribution < 1.29 is 4.79 Å². The zero-order valence-electron chi connectivity index (χ0n) is 9.29. The topological polar surface area (TPSA) is 29.1 Å². The molecule has 2 heteroatoms. The summed E-state index contributed by atoms with van der Waals surface area (Å²) in [7, 11) is 0. The molecule has 80 valence electrons. The van der Waals surface area contributed by atoms with Gasteiger partial charge in [0.25, 0.3) is 0 Å². The Morgan fingerprint density at radius 2 is 2.13 bits per heavy atom. The van der Waals surface area contributed by atoms with Crippen molar-refractivity contribution in [1.29, 1.82) is 0 Å². The van der Waals surface area contributed by atoms with E-state index in [-0.39, 0.29) is 11.8 Å². The van der Waals surface area contributed by atoms with E-state index in [0.717, 1.165) is 18.7 Å². The second kappa shape index (κ2) is 4.05. The number of benzene rings is 1.